The molecular weight excluding hydrogens is 190 g/mol. The van der Waals surface area contributed by atoms with E-state index in [0.717, 1.165) is 17.9 Å². The van der Waals surface area contributed by atoms with Crippen molar-refractivity contribution in [1.29, 1.82) is 0 Å². The Balaban J connectivity index is 2.03. The fourth-order valence-electron chi connectivity index (χ4n) is 1.70. The van der Waals surface area contributed by atoms with Crippen molar-refractivity contribution >= 4 is 0 Å². The second-order valence-corrected chi connectivity index (χ2v) is 3.74. The van der Waals surface area contributed by atoms with E-state index in [4.69, 9.17) is 9.47 Å². The Morgan fingerprint density at radius 3 is 2.67 bits per heavy atom. The smallest absolute Gasteiger partial charge is 0.134 e. The van der Waals surface area contributed by atoms with Crippen molar-refractivity contribution in [2.45, 2.75) is 26.2 Å². The van der Waals surface area contributed by atoms with Gasteiger partial charge in [0.25, 0.3) is 0 Å². The molecule has 3 heteroatoms. The Kier molecular flexibility index (Phi) is 3.23. The number of hydrogen-bond donors (Lipinski definition) is 1. The number of nitrogens with one attached hydrogen (secondary N) is 1. The highest BCUT2D eigenvalue weighted by Crippen LogP contribution is 2.23. The van der Waals surface area contributed by atoms with Gasteiger partial charge in [-0.05, 0) is 31.5 Å². The van der Waals surface area contributed by atoms with Crippen LogP contribution in [0.3, 0.4) is 0 Å². The number of hydrogen-bond acceptors (Lipinski definition) is 3. The molecule has 0 spiro atoms. The van der Waals surface area contributed by atoms with Gasteiger partial charge in [0.15, 0.2) is 0 Å². The highest BCUT2D eigenvalue weighted by Gasteiger charge is 2.21. The summed E-state index contributed by atoms with van der Waals surface area (Å²) in [6, 6.07) is 8.04. The van der Waals surface area contributed by atoms with Crippen LogP contribution < -0.4 is 10.1 Å². The topological polar surface area (TPSA) is 30.5 Å². The van der Waals surface area contributed by atoms with Gasteiger partial charge in [0, 0.05) is 6.54 Å². The Morgan fingerprint density at radius 2 is 2.13 bits per heavy atom. The lowest BCUT2D eigenvalue weighted by atomic mass is 10.2. The number of ether oxygens (including phenoxy) is 2. The maximum atomic E-state index is 5.70. The van der Waals surface area contributed by atoms with Crippen molar-refractivity contribution in [3.8, 4) is 5.75 Å². The Bertz CT molecular complexity index is 310. The molecule has 1 aliphatic rings. The molecule has 2 unspecified atom stereocenters. The maximum Gasteiger partial charge on any atom is 0.134 e. The van der Waals surface area contributed by atoms with E-state index in [0.29, 0.717) is 12.7 Å². The molecule has 1 N–H and O–H groups in total. The lowest BCUT2D eigenvalue weighted by molar-refractivity contribution is 0.0510. The lowest BCUT2D eigenvalue weighted by Crippen LogP contribution is -2.14. The van der Waals surface area contributed by atoms with Gasteiger partial charge in [-0.2, -0.15) is 0 Å². The van der Waals surface area contributed by atoms with Gasteiger partial charge in [-0.25, -0.2) is 0 Å². The zero-order valence-corrected chi connectivity index (χ0v) is 9.19. The maximum absolute atomic E-state index is 5.70. The second-order valence-electron chi connectivity index (χ2n) is 3.74. The summed E-state index contributed by atoms with van der Waals surface area (Å²) in [5.74, 6) is 0.910. The first-order valence-corrected chi connectivity index (χ1v) is 5.41. The van der Waals surface area contributed by atoms with Crippen LogP contribution in [0.5, 0.6) is 5.75 Å². The van der Waals surface area contributed by atoms with E-state index in [1.54, 1.807) is 0 Å². The largest absolute Gasteiger partial charge is 0.494 e. The van der Waals surface area contributed by atoms with Crippen LogP contribution in [-0.2, 0) is 4.74 Å². The van der Waals surface area contributed by atoms with E-state index in [1.165, 1.54) is 0 Å². The molecule has 1 aromatic carbocycles. The van der Waals surface area contributed by atoms with Crippen LogP contribution in [0.15, 0.2) is 24.3 Å². The molecule has 15 heavy (non-hydrogen) atoms. The molecule has 1 fully saturated rings. The Hall–Kier alpha value is -1.06. The summed E-state index contributed by atoms with van der Waals surface area (Å²) in [7, 11) is 0. The Morgan fingerprint density at radius 1 is 1.40 bits per heavy atom. The third-order valence-electron chi connectivity index (χ3n) is 2.45. The van der Waals surface area contributed by atoms with Gasteiger partial charge in [0.05, 0.1) is 12.7 Å². The van der Waals surface area contributed by atoms with E-state index >= 15 is 0 Å². The van der Waals surface area contributed by atoms with Crippen LogP contribution >= 0.6 is 0 Å². The monoisotopic (exact) mass is 207 g/mol. The van der Waals surface area contributed by atoms with Crippen molar-refractivity contribution < 1.29 is 9.47 Å². The molecule has 0 saturated carbocycles. The third kappa shape index (κ3) is 2.49. The van der Waals surface area contributed by atoms with Gasteiger partial charge < -0.3 is 9.47 Å². The van der Waals surface area contributed by atoms with Crippen LogP contribution in [0.4, 0.5) is 0 Å². The molecule has 1 heterocycles. The molecule has 0 amide bonds. The highest BCUT2D eigenvalue weighted by molar-refractivity contribution is 5.28. The summed E-state index contributed by atoms with van der Waals surface area (Å²) in [5, 5.41) is 3.31. The first-order valence-electron chi connectivity index (χ1n) is 5.41. The van der Waals surface area contributed by atoms with E-state index in [1.807, 2.05) is 31.2 Å². The first-order chi connectivity index (χ1) is 7.29. The molecular formula is C12H17NO2. The average Bonchev–Trinajstić information content (AvgIpc) is 2.67. The molecule has 1 saturated heterocycles. The molecule has 82 valence electrons. The van der Waals surface area contributed by atoms with Crippen LogP contribution in [-0.4, -0.2) is 19.3 Å². The van der Waals surface area contributed by atoms with Gasteiger partial charge in [-0.15, -0.1) is 0 Å². The summed E-state index contributed by atoms with van der Waals surface area (Å²) < 4.78 is 11.1. The Labute approximate surface area is 90.4 Å². The quantitative estimate of drug-likeness (QED) is 0.823. The minimum absolute atomic E-state index is 0.0377. The lowest BCUT2D eigenvalue weighted by Gasteiger charge is -2.11. The third-order valence-corrected chi connectivity index (χ3v) is 2.45. The summed E-state index contributed by atoms with van der Waals surface area (Å²) in [6.45, 7) is 5.67. The standard InChI is InChI=1S/C12H17NO2/c1-3-14-11-6-4-10(5-7-11)12-13-8-9(2)15-12/h4-7,9,12-13H,3,8H2,1-2H3. The van der Waals surface area contributed by atoms with Crippen molar-refractivity contribution in [3.63, 3.8) is 0 Å². The van der Waals surface area contributed by atoms with E-state index in [9.17, 15) is 0 Å². The molecule has 0 aromatic heterocycles. The van der Waals surface area contributed by atoms with Crippen molar-refractivity contribution in [2.75, 3.05) is 13.2 Å². The normalized spacial score (nSPS) is 25.5. The zero-order valence-electron chi connectivity index (χ0n) is 9.19. The molecule has 1 aromatic rings. The molecule has 3 nitrogen and oxygen atoms in total. The average molecular weight is 207 g/mol. The fraction of sp³-hybridized carbons (Fsp3) is 0.500. The van der Waals surface area contributed by atoms with E-state index in [2.05, 4.69) is 12.2 Å². The van der Waals surface area contributed by atoms with E-state index in [-0.39, 0.29) is 6.23 Å². The summed E-state index contributed by atoms with van der Waals surface area (Å²) in [5.41, 5.74) is 1.16. The molecule has 1 aliphatic heterocycles. The minimum Gasteiger partial charge on any atom is -0.494 e. The van der Waals surface area contributed by atoms with Gasteiger partial charge >= 0.3 is 0 Å². The first kappa shape index (κ1) is 10.5. The van der Waals surface area contributed by atoms with Crippen LogP contribution in [0.25, 0.3) is 0 Å². The zero-order chi connectivity index (χ0) is 10.7. The van der Waals surface area contributed by atoms with Gasteiger partial charge in [0.2, 0.25) is 0 Å². The van der Waals surface area contributed by atoms with Crippen LogP contribution in [0.1, 0.15) is 25.6 Å². The second kappa shape index (κ2) is 4.64. The molecule has 2 rings (SSSR count). The van der Waals surface area contributed by atoms with Crippen molar-refractivity contribution in [1.82, 2.24) is 5.32 Å². The number of benzene rings is 1. The predicted molar refractivity (Wildman–Crippen MR) is 58.9 cm³/mol. The highest BCUT2D eigenvalue weighted by atomic mass is 16.5. The fourth-order valence-corrected chi connectivity index (χ4v) is 1.70. The summed E-state index contributed by atoms with van der Waals surface area (Å²) >= 11 is 0. The SMILES string of the molecule is CCOc1ccc(C2NCC(C)O2)cc1. The summed E-state index contributed by atoms with van der Waals surface area (Å²) in [4.78, 5) is 0. The van der Waals surface area contributed by atoms with Gasteiger partial charge in [-0.3, -0.25) is 5.32 Å². The predicted octanol–water partition coefficient (Wildman–Crippen LogP) is 2.09. The van der Waals surface area contributed by atoms with Crippen LogP contribution in [0.2, 0.25) is 0 Å². The molecule has 0 radical (unpaired) electrons. The minimum atomic E-state index is 0.0377. The molecule has 2 atom stereocenters. The van der Waals surface area contributed by atoms with Crippen molar-refractivity contribution in [3.05, 3.63) is 29.8 Å². The number of rotatable bonds is 3. The molecule has 0 aliphatic carbocycles. The molecule has 0 bridgehead atoms. The van der Waals surface area contributed by atoms with Gasteiger partial charge in [-0.1, -0.05) is 12.1 Å². The summed E-state index contributed by atoms with van der Waals surface area (Å²) in [6.07, 6.45) is 0.331. The van der Waals surface area contributed by atoms with Crippen molar-refractivity contribution in [2.24, 2.45) is 0 Å². The van der Waals surface area contributed by atoms with Crippen LogP contribution in [0, 0.1) is 0 Å². The van der Waals surface area contributed by atoms with E-state index < -0.39 is 0 Å². The van der Waals surface area contributed by atoms with Gasteiger partial charge in [0.1, 0.15) is 12.0 Å².